The summed E-state index contributed by atoms with van der Waals surface area (Å²) in [4.78, 5) is 11.3. The van der Waals surface area contributed by atoms with E-state index in [-0.39, 0.29) is 11.4 Å². The van der Waals surface area contributed by atoms with Crippen molar-refractivity contribution in [2.24, 2.45) is 0 Å². The lowest BCUT2D eigenvalue weighted by Crippen LogP contribution is -2.32. The molecule has 21 heavy (non-hydrogen) atoms. The molecule has 0 saturated heterocycles. The van der Waals surface area contributed by atoms with Crippen molar-refractivity contribution >= 4 is 16.0 Å². The third-order valence-electron chi connectivity index (χ3n) is 3.05. The first kappa shape index (κ1) is 15.2. The Morgan fingerprint density at radius 3 is 2.57 bits per heavy atom. The Bertz CT molecular complexity index is 725. The van der Waals surface area contributed by atoms with Gasteiger partial charge in [-0.3, -0.25) is 9.89 Å². The molecule has 112 valence electrons. The van der Waals surface area contributed by atoms with E-state index >= 15 is 0 Å². The molecule has 3 N–H and O–H groups in total. The van der Waals surface area contributed by atoms with Crippen molar-refractivity contribution in [3.63, 3.8) is 0 Å². The summed E-state index contributed by atoms with van der Waals surface area (Å²) in [6.45, 7) is 1.35. The number of sulfonamides is 1. The molecule has 0 aliphatic rings. The van der Waals surface area contributed by atoms with Crippen LogP contribution in [0.15, 0.2) is 41.4 Å². The molecule has 1 atom stereocenters. The lowest BCUT2D eigenvalue weighted by molar-refractivity contribution is -0.138. The van der Waals surface area contributed by atoms with Crippen LogP contribution < -0.4 is 4.72 Å². The molecule has 2 aromatic rings. The molecular formula is C13H15N3O4S. The van der Waals surface area contributed by atoms with E-state index in [0.717, 1.165) is 0 Å². The number of hydrogen-bond acceptors (Lipinski definition) is 4. The van der Waals surface area contributed by atoms with Gasteiger partial charge in [0.2, 0.25) is 10.0 Å². The molecular weight excluding hydrogens is 294 g/mol. The van der Waals surface area contributed by atoms with Crippen LogP contribution in [0.3, 0.4) is 0 Å². The molecule has 0 fully saturated rings. The van der Waals surface area contributed by atoms with Crippen molar-refractivity contribution in [3.05, 3.63) is 47.8 Å². The number of carbonyl (C=O) groups is 1. The van der Waals surface area contributed by atoms with Gasteiger partial charge in [0.15, 0.2) is 0 Å². The Kier molecular flexibility index (Phi) is 4.39. The van der Waals surface area contributed by atoms with Crippen molar-refractivity contribution < 1.29 is 18.3 Å². The van der Waals surface area contributed by atoms with Gasteiger partial charge in [0, 0.05) is 6.54 Å². The number of aromatic nitrogens is 2. The zero-order valence-electron chi connectivity index (χ0n) is 11.3. The number of carboxylic acids is 1. The molecule has 0 aliphatic carbocycles. The molecule has 2 rings (SSSR count). The monoisotopic (exact) mass is 309 g/mol. The van der Waals surface area contributed by atoms with E-state index in [1.54, 1.807) is 37.3 Å². The van der Waals surface area contributed by atoms with E-state index in [1.165, 1.54) is 6.20 Å². The highest BCUT2D eigenvalue weighted by Crippen LogP contribution is 2.17. The van der Waals surface area contributed by atoms with Gasteiger partial charge in [-0.25, -0.2) is 13.1 Å². The van der Waals surface area contributed by atoms with Crippen LogP contribution in [0.25, 0.3) is 0 Å². The first-order valence-corrected chi connectivity index (χ1v) is 7.67. The summed E-state index contributed by atoms with van der Waals surface area (Å²) in [5.74, 6) is -2.04. The van der Waals surface area contributed by atoms with Gasteiger partial charge in [0.05, 0.1) is 17.8 Å². The van der Waals surface area contributed by atoms with Gasteiger partial charge in [0.25, 0.3) is 0 Å². The van der Waals surface area contributed by atoms with E-state index < -0.39 is 21.9 Å². The SMILES string of the molecule is Cc1[nH]ncc1S(=O)(=O)NCC(C(=O)O)c1ccccc1. The summed E-state index contributed by atoms with van der Waals surface area (Å²) in [5, 5.41) is 15.4. The molecule has 1 heterocycles. The lowest BCUT2D eigenvalue weighted by Gasteiger charge is -2.13. The van der Waals surface area contributed by atoms with Gasteiger partial charge in [-0.1, -0.05) is 30.3 Å². The number of hydrogen-bond donors (Lipinski definition) is 3. The average Bonchev–Trinajstić information content (AvgIpc) is 2.87. The summed E-state index contributed by atoms with van der Waals surface area (Å²) < 4.78 is 26.5. The third-order valence-corrected chi connectivity index (χ3v) is 4.59. The van der Waals surface area contributed by atoms with Crippen LogP contribution in [0.4, 0.5) is 0 Å². The predicted molar refractivity (Wildman–Crippen MR) is 75.3 cm³/mol. The molecule has 1 unspecified atom stereocenters. The largest absolute Gasteiger partial charge is 0.481 e. The molecule has 0 bridgehead atoms. The van der Waals surface area contributed by atoms with E-state index in [9.17, 15) is 18.3 Å². The third kappa shape index (κ3) is 3.47. The zero-order chi connectivity index (χ0) is 15.5. The topological polar surface area (TPSA) is 112 Å². The molecule has 0 spiro atoms. The van der Waals surface area contributed by atoms with E-state index in [0.29, 0.717) is 11.3 Å². The van der Waals surface area contributed by atoms with E-state index in [4.69, 9.17) is 0 Å². The number of aromatic amines is 1. The van der Waals surface area contributed by atoms with Crippen LogP contribution in [-0.2, 0) is 14.8 Å². The summed E-state index contributed by atoms with van der Waals surface area (Å²) >= 11 is 0. The van der Waals surface area contributed by atoms with Crippen LogP contribution in [0.5, 0.6) is 0 Å². The Balaban J connectivity index is 2.17. The Morgan fingerprint density at radius 2 is 2.05 bits per heavy atom. The minimum atomic E-state index is -3.79. The fraction of sp³-hybridized carbons (Fsp3) is 0.231. The lowest BCUT2D eigenvalue weighted by atomic mass is 10.00. The summed E-state index contributed by atoms with van der Waals surface area (Å²) in [5.41, 5.74) is 0.936. The molecule has 7 nitrogen and oxygen atoms in total. The molecule has 0 amide bonds. The number of aryl methyl sites for hydroxylation is 1. The van der Waals surface area contributed by atoms with Gasteiger partial charge in [-0.15, -0.1) is 0 Å². The molecule has 0 saturated carbocycles. The number of H-pyrrole nitrogens is 1. The minimum Gasteiger partial charge on any atom is -0.481 e. The summed E-state index contributed by atoms with van der Waals surface area (Å²) in [7, 11) is -3.79. The smallest absolute Gasteiger partial charge is 0.312 e. The summed E-state index contributed by atoms with van der Waals surface area (Å²) in [6, 6.07) is 8.48. The molecule has 1 aromatic heterocycles. The van der Waals surface area contributed by atoms with Crippen LogP contribution in [0, 0.1) is 6.92 Å². The van der Waals surface area contributed by atoms with Crippen molar-refractivity contribution in [2.45, 2.75) is 17.7 Å². The highest BCUT2D eigenvalue weighted by Gasteiger charge is 2.24. The van der Waals surface area contributed by atoms with Gasteiger partial charge in [-0.2, -0.15) is 5.10 Å². The van der Waals surface area contributed by atoms with Crippen LogP contribution in [-0.4, -0.2) is 36.2 Å². The fourth-order valence-corrected chi connectivity index (χ4v) is 3.10. The molecule has 0 aliphatic heterocycles. The zero-order valence-corrected chi connectivity index (χ0v) is 12.1. The quantitative estimate of drug-likeness (QED) is 0.733. The van der Waals surface area contributed by atoms with E-state index in [2.05, 4.69) is 14.9 Å². The predicted octanol–water partition coefficient (Wildman–Crippen LogP) is 0.865. The maximum atomic E-state index is 12.1. The maximum absolute atomic E-state index is 12.1. The summed E-state index contributed by atoms with van der Waals surface area (Å²) in [6.07, 6.45) is 1.19. The van der Waals surface area contributed by atoms with Crippen molar-refractivity contribution in [2.75, 3.05) is 6.54 Å². The Hall–Kier alpha value is -2.19. The average molecular weight is 309 g/mol. The number of aliphatic carboxylic acids is 1. The second kappa shape index (κ2) is 6.06. The van der Waals surface area contributed by atoms with E-state index in [1.807, 2.05) is 0 Å². The highest BCUT2D eigenvalue weighted by atomic mass is 32.2. The number of nitrogens with one attached hydrogen (secondary N) is 2. The van der Waals surface area contributed by atoms with Gasteiger partial charge in [0.1, 0.15) is 4.90 Å². The van der Waals surface area contributed by atoms with Crippen molar-refractivity contribution in [1.29, 1.82) is 0 Å². The Labute approximate surface area is 122 Å². The standard InChI is InChI=1S/C13H15N3O4S/c1-9-12(8-14-16-9)21(19,20)15-7-11(13(17)18)10-5-3-2-4-6-10/h2-6,8,11,15H,7H2,1H3,(H,14,16)(H,17,18). The maximum Gasteiger partial charge on any atom is 0.312 e. The number of benzene rings is 1. The van der Waals surface area contributed by atoms with Crippen molar-refractivity contribution in [1.82, 2.24) is 14.9 Å². The van der Waals surface area contributed by atoms with Crippen LogP contribution in [0.2, 0.25) is 0 Å². The number of nitrogens with zero attached hydrogens (tertiary/aromatic N) is 1. The highest BCUT2D eigenvalue weighted by molar-refractivity contribution is 7.89. The van der Waals surface area contributed by atoms with Gasteiger partial charge in [-0.05, 0) is 12.5 Å². The second-order valence-corrected chi connectivity index (χ2v) is 6.25. The molecule has 8 heteroatoms. The number of carboxylic acid groups (broad SMARTS) is 1. The molecule has 1 aromatic carbocycles. The van der Waals surface area contributed by atoms with Crippen LogP contribution in [0.1, 0.15) is 17.2 Å². The van der Waals surface area contributed by atoms with Gasteiger partial charge >= 0.3 is 5.97 Å². The van der Waals surface area contributed by atoms with Crippen molar-refractivity contribution in [3.8, 4) is 0 Å². The van der Waals surface area contributed by atoms with Gasteiger partial charge < -0.3 is 5.11 Å². The number of rotatable bonds is 6. The Morgan fingerprint density at radius 1 is 1.38 bits per heavy atom. The fourth-order valence-electron chi connectivity index (χ4n) is 1.91. The normalized spacial score (nSPS) is 13.0. The first-order valence-electron chi connectivity index (χ1n) is 6.19. The molecule has 0 radical (unpaired) electrons. The minimum absolute atomic E-state index is 0.0136. The van der Waals surface area contributed by atoms with Crippen LogP contribution >= 0.6 is 0 Å². The second-order valence-electron chi connectivity index (χ2n) is 4.51. The first-order chi connectivity index (χ1) is 9.92.